The minimum absolute atomic E-state index is 0.0326. The molecule has 2 atom stereocenters. The molecule has 4 rings (SSSR count). The van der Waals surface area contributed by atoms with Crippen molar-refractivity contribution in [3.05, 3.63) is 109 Å². The number of carbonyl (C=O) groups is 2. The van der Waals surface area contributed by atoms with Crippen LogP contribution in [0.25, 0.3) is 5.57 Å². The maximum atomic E-state index is 13.6. The largest absolute Gasteiger partial charge is 0.480 e. The van der Waals surface area contributed by atoms with Crippen molar-refractivity contribution >= 4 is 41.0 Å². The van der Waals surface area contributed by atoms with Gasteiger partial charge in [-0.25, -0.2) is 9.78 Å². The van der Waals surface area contributed by atoms with Crippen LogP contribution in [0.15, 0.2) is 70.4 Å². The van der Waals surface area contributed by atoms with Crippen LogP contribution in [0, 0.1) is 0 Å². The molecule has 1 aliphatic carbocycles. The zero-order valence-electron chi connectivity index (χ0n) is 20.1. The second-order valence-corrected chi connectivity index (χ2v) is 9.20. The molecule has 0 saturated carbocycles. The number of amides is 1. The highest BCUT2D eigenvalue weighted by Gasteiger charge is 2.45. The third-order valence-electron chi connectivity index (χ3n) is 6.14. The van der Waals surface area contributed by atoms with Gasteiger partial charge in [-0.3, -0.25) is 19.0 Å². The SMILES string of the molecule is COc1nc(C2(NC(=O)c3cn(C)c(=O)n(C)c3=O)C=CC=C(c3ccccc3Cl)C2Cl)ccc1C=O. The number of carbonyl (C=O) groups excluding carboxylic acids is 2. The molecule has 0 aliphatic heterocycles. The number of nitrogens with one attached hydrogen (secondary N) is 1. The average Bonchev–Trinajstić information content (AvgIpc) is 2.90. The Morgan fingerprint density at radius 1 is 1.19 bits per heavy atom. The number of pyridine rings is 1. The Kier molecular flexibility index (Phi) is 7.20. The Morgan fingerprint density at radius 3 is 2.59 bits per heavy atom. The highest BCUT2D eigenvalue weighted by atomic mass is 35.5. The van der Waals surface area contributed by atoms with Crippen molar-refractivity contribution in [3.63, 3.8) is 0 Å². The van der Waals surface area contributed by atoms with Gasteiger partial charge in [0.2, 0.25) is 5.88 Å². The molecule has 190 valence electrons. The quantitative estimate of drug-likeness (QED) is 0.380. The summed E-state index contributed by atoms with van der Waals surface area (Å²) < 4.78 is 7.25. The lowest BCUT2D eigenvalue weighted by molar-refractivity contribution is 0.0912. The number of allylic oxidation sites excluding steroid dienone is 2. The fourth-order valence-corrected chi connectivity index (χ4v) is 4.85. The van der Waals surface area contributed by atoms with Crippen LogP contribution in [0.1, 0.15) is 32.0 Å². The first-order valence-corrected chi connectivity index (χ1v) is 11.8. The highest BCUT2D eigenvalue weighted by Crippen LogP contribution is 2.43. The third kappa shape index (κ3) is 4.52. The molecule has 0 fully saturated rings. The van der Waals surface area contributed by atoms with E-state index < -0.39 is 28.1 Å². The van der Waals surface area contributed by atoms with Crippen molar-refractivity contribution in [1.29, 1.82) is 0 Å². The molecule has 0 spiro atoms. The van der Waals surface area contributed by atoms with Crippen LogP contribution in [0.2, 0.25) is 5.02 Å². The molecule has 0 radical (unpaired) electrons. The van der Waals surface area contributed by atoms with E-state index in [2.05, 4.69) is 10.3 Å². The normalized spacial score (nSPS) is 18.7. The maximum absolute atomic E-state index is 13.6. The van der Waals surface area contributed by atoms with E-state index in [1.54, 1.807) is 48.6 Å². The van der Waals surface area contributed by atoms with Crippen LogP contribution in [0.4, 0.5) is 0 Å². The Labute approximate surface area is 221 Å². The van der Waals surface area contributed by atoms with Gasteiger partial charge < -0.3 is 14.6 Å². The molecule has 0 saturated heterocycles. The minimum atomic E-state index is -1.50. The number of rotatable bonds is 6. The molecule has 2 unspecified atom stereocenters. The van der Waals surface area contributed by atoms with E-state index >= 15 is 0 Å². The number of hydrogen-bond acceptors (Lipinski definition) is 6. The van der Waals surface area contributed by atoms with Crippen LogP contribution in [0.3, 0.4) is 0 Å². The van der Waals surface area contributed by atoms with Crippen molar-refractivity contribution in [2.24, 2.45) is 14.1 Å². The molecule has 1 aromatic carbocycles. The predicted octanol–water partition coefficient (Wildman–Crippen LogP) is 2.84. The van der Waals surface area contributed by atoms with Gasteiger partial charge in [0.05, 0.1) is 23.7 Å². The van der Waals surface area contributed by atoms with Crippen molar-refractivity contribution in [2.45, 2.75) is 10.9 Å². The molecule has 11 heteroatoms. The molecular weight excluding hydrogens is 519 g/mol. The number of aldehydes is 1. The summed E-state index contributed by atoms with van der Waals surface area (Å²) in [6, 6.07) is 10.1. The Hall–Kier alpha value is -3.95. The van der Waals surface area contributed by atoms with Gasteiger partial charge in [0.25, 0.3) is 11.5 Å². The molecule has 1 aliphatic rings. The van der Waals surface area contributed by atoms with Gasteiger partial charge in [-0.05, 0) is 29.3 Å². The second-order valence-electron chi connectivity index (χ2n) is 8.36. The zero-order chi connectivity index (χ0) is 26.9. The van der Waals surface area contributed by atoms with Gasteiger partial charge in [0.15, 0.2) is 6.29 Å². The average molecular weight is 541 g/mol. The molecule has 0 bridgehead atoms. The number of halogens is 2. The van der Waals surface area contributed by atoms with Crippen molar-refractivity contribution in [3.8, 4) is 5.88 Å². The van der Waals surface area contributed by atoms with Crippen LogP contribution >= 0.6 is 23.2 Å². The van der Waals surface area contributed by atoms with E-state index in [0.717, 1.165) is 15.3 Å². The van der Waals surface area contributed by atoms with E-state index in [1.807, 2.05) is 0 Å². The minimum Gasteiger partial charge on any atom is -0.480 e. The van der Waals surface area contributed by atoms with Crippen LogP contribution in [-0.2, 0) is 19.6 Å². The first kappa shape index (κ1) is 26.1. The third-order valence-corrected chi connectivity index (χ3v) is 7.05. The fourth-order valence-electron chi connectivity index (χ4n) is 4.18. The fraction of sp³-hybridized carbons (Fsp3) is 0.192. The summed E-state index contributed by atoms with van der Waals surface area (Å²) in [4.78, 5) is 54.4. The van der Waals surface area contributed by atoms with E-state index in [1.165, 1.54) is 27.3 Å². The van der Waals surface area contributed by atoms with Crippen LogP contribution in [0.5, 0.6) is 5.88 Å². The molecule has 1 amide bonds. The Balaban J connectivity index is 1.91. The summed E-state index contributed by atoms with van der Waals surface area (Å²) in [5.74, 6) is -0.752. The van der Waals surface area contributed by atoms with E-state index in [-0.39, 0.29) is 22.7 Å². The summed E-state index contributed by atoms with van der Waals surface area (Å²) in [6.07, 6.45) is 6.86. The lowest BCUT2D eigenvalue weighted by Crippen LogP contribution is -2.54. The zero-order valence-corrected chi connectivity index (χ0v) is 21.6. The number of aryl methyl sites for hydroxylation is 1. The summed E-state index contributed by atoms with van der Waals surface area (Å²) in [7, 11) is 4.08. The van der Waals surface area contributed by atoms with Crippen molar-refractivity contribution in [2.75, 3.05) is 7.11 Å². The first-order valence-electron chi connectivity index (χ1n) is 11.0. The Bertz CT molecular complexity index is 1590. The molecule has 3 aromatic rings. The lowest BCUT2D eigenvalue weighted by Gasteiger charge is -2.39. The number of benzene rings is 1. The molecule has 2 heterocycles. The van der Waals surface area contributed by atoms with Gasteiger partial charge in [-0.1, -0.05) is 48.0 Å². The predicted molar refractivity (Wildman–Crippen MR) is 140 cm³/mol. The summed E-state index contributed by atoms with van der Waals surface area (Å²) in [5.41, 5.74) is -1.45. The van der Waals surface area contributed by atoms with Crippen molar-refractivity contribution in [1.82, 2.24) is 19.4 Å². The van der Waals surface area contributed by atoms with Crippen LogP contribution < -0.4 is 21.3 Å². The lowest BCUT2D eigenvalue weighted by atomic mass is 9.80. The number of aromatic nitrogens is 3. The summed E-state index contributed by atoms with van der Waals surface area (Å²) in [6.45, 7) is 0. The summed E-state index contributed by atoms with van der Waals surface area (Å²) in [5, 5.41) is 2.35. The van der Waals surface area contributed by atoms with Gasteiger partial charge in [-0.2, -0.15) is 0 Å². The first-order chi connectivity index (χ1) is 17.6. The van der Waals surface area contributed by atoms with Gasteiger partial charge in [-0.15, -0.1) is 11.6 Å². The molecular formula is C26H22Cl2N4O5. The van der Waals surface area contributed by atoms with Gasteiger partial charge in [0.1, 0.15) is 11.1 Å². The smallest absolute Gasteiger partial charge is 0.330 e. The van der Waals surface area contributed by atoms with Crippen LogP contribution in [-0.4, -0.2) is 38.8 Å². The molecule has 1 N–H and O–H groups in total. The number of methoxy groups -OCH3 is 1. The van der Waals surface area contributed by atoms with E-state index in [9.17, 15) is 19.2 Å². The number of alkyl halides is 1. The molecule has 9 nitrogen and oxygen atoms in total. The molecule has 37 heavy (non-hydrogen) atoms. The number of ether oxygens (including phenoxy) is 1. The van der Waals surface area contributed by atoms with Crippen molar-refractivity contribution < 1.29 is 14.3 Å². The topological polar surface area (TPSA) is 112 Å². The maximum Gasteiger partial charge on any atom is 0.330 e. The highest BCUT2D eigenvalue weighted by molar-refractivity contribution is 6.34. The standard InChI is InChI=1S/C26H22Cl2N4O5/c1-31-13-18(24(35)32(2)25(31)36)22(34)30-26(20-11-10-15(14-33)23(29-20)37-3)12-6-8-17(21(26)28)16-7-4-5-9-19(16)27/h4-14,21H,1-3H3,(H,30,34). The number of nitrogens with zero attached hydrogens (tertiary/aromatic N) is 3. The summed E-state index contributed by atoms with van der Waals surface area (Å²) >= 11 is 13.6. The number of hydrogen-bond donors (Lipinski definition) is 1. The van der Waals surface area contributed by atoms with E-state index in [4.69, 9.17) is 27.9 Å². The molecule has 2 aromatic heterocycles. The monoisotopic (exact) mass is 540 g/mol. The van der Waals surface area contributed by atoms with Gasteiger partial charge >= 0.3 is 5.69 Å². The Morgan fingerprint density at radius 2 is 1.92 bits per heavy atom. The second kappa shape index (κ2) is 10.2. The van der Waals surface area contributed by atoms with E-state index in [0.29, 0.717) is 22.4 Å². The van der Waals surface area contributed by atoms with Gasteiger partial charge in [0, 0.05) is 25.3 Å².